The number of carboxylic acid groups (broad SMARTS) is 1. The van der Waals surface area contributed by atoms with Gasteiger partial charge in [0.2, 0.25) is 5.76 Å². The van der Waals surface area contributed by atoms with Crippen molar-refractivity contribution in [3.05, 3.63) is 23.7 Å². The number of unbranched alkanes of at least 4 members (excludes halogenated alkanes) is 5. The number of carbonyl (C=O) groups excluding carboxylic acids is 1. The third-order valence-electron chi connectivity index (χ3n) is 4.92. The molecule has 0 aromatic rings. The lowest BCUT2D eigenvalue weighted by Crippen LogP contribution is -2.13. The molecule has 0 heterocycles. The highest BCUT2D eigenvalue weighted by molar-refractivity contribution is 5.84. The molecule has 0 radical (unpaired) electrons. The van der Waals surface area contributed by atoms with E-state index in [4.69, 9.17) is 10.2 Å². The van der Waals surface area contributed by atoms with E-state index in [0.29, 0.717) is 24.5 Å². The van der Waals surface area contributed by atoms with Crippen molar-refractivity contribution in [3.8, 4) is 0 Å². The predicted octanol–water partition coefficient (Wildman–Crippen LogP) is 5.08. The highest BCUT2D eigenvalue weighted by atomic mass is 16.4. The van der Waals surface area contributed by atoms with E-state index in [9.17, 15) is 14.7 Å². The van der Waals surface area contributed by atoms with Crippen LogP contribution in [0.1, 0.15) is 77.6 Å². The fourth-order valence-electron chi connectivity index (χ4n) is 3.40. The molecule has 5 heteroatoms. The summed E-state index contributed by atoms with van der Waals surface area (Å²) < 4.78 is 0. The number of carbonyl (C=O) groups is 2. The number of Topliss-reactive ketones (excluding diaryl/α,β-unsaturated/α-hetero) is 1. The maximum atomic E-state index is 12.1. The second-order valence-corrected chi connectivity index (χ2v) is 6.90. The third kappa shape index (κ3) is 7.76. The summed E-state index contributed by atoms with van der Waals surface area (Å²) >= 11 is 0. The van der Waals surface area contributed by atoms with Gasteiger partial charge in [-0.25, -0.2) is 4.79 Å². The molecule has 0 amide bonds. The monoisotopic (exact) mass is 352 g/mol. The molecular formula is C20H32O5. The van der Waals surface area contributed by atoms with Gasteiger partial charge in [0, 0.05) is 18.8 Å². The molecule has 25 heavy (non-hydrogen) atoms. The van der Waals surface area contributed by atoms with Crippen LogP contribution in [0.5, 0.6) is 0 Å². The first-order valence-electron chi connectivity index (χ1n) is 9.51. The van der Waals surface area contributed by atoms with E-state index in [0.717, 1.165) is 25.7 Å². The smallest absolute Gasteiger partial charge is 0.374 e. The van der Waals surface area contributed by atoms with Crippen LogP contribution in [0.3, 0.4) is 0 Å². The first kappa shape index (κ1) is 21.3. The van der Waals surface area contributed by atoms with E-state index >= 15 is 0 Å². The minimum Gasteiger partial charge on any atom is -0.508 e. The summed E-state index contributed by atoms with van der Waals surface area (Å²) in [4.78, 5) is 22.6. The standard InChI is InChI=1S/C20H32O5/c1-2-3-4-5-6-7-10-15-13-14-17(21)16(15)11-8-9-12-18(22)19(23)20(24)25/h7,10,15-16,22-23H,2-6,8-9,11-14H2,1H3,(H,24,25)/t15-,16+/m0/s1. The highest BCUT2D eigenvalue weighted by Gasteiger charge is 2.32. The Kier molecular flexibility index (Phi) is 9.97. The van der Waals surface area contributed by atoms with E-state index in [2.05, 4.69) is 19.1 Å². The Morgan fingerprint density at radius 3 is 2.56 bits per heavy atom. The van der Waals surface area contributed by atoms with Crippen molar-refractivity contribution in [2.45, 2.75) is 77.6 Å². The maximum Gasteiger partial charge on any atom is 0.374 e. The molecule has 1 aliphatic carbocycles. The molecule has 5 nitrogen and oxygen atoms in total. The molecule has 1 rings (SSSR count). The Hall–Kier alpha value is -1.78. The molecule has 0 unspecified atom stereocenters. The van der Waals surface area contributed by atoms with Gasteiger partial charge in [-0.1, -0.05) is 44.8 Å². The van der Waals surface area contributed by atoms with Crippen LogP contribution in [0, 0.1) is 11.8 Å². The van der Waals surface area contributed by atoms with Crippen molar-refractivity contribution in [1.29, 1.82) is 0 Å². The largest absolute Gasteiger partial charge is 0.508 e. The number of aliphatic hydroxyl groups is 2. The minimum absolute atomic E-state index is 0.0473. The Bertz CT molecular complexity index is 492. The summed E-state index contributed by atoms with van der Waals surface area (Å²) in [7, 11) is 0. The lowest BCUT2D eigenvalue weighted by molar-refractivity contribution is -0.136. The van der Waals surface area contributed by atoms with Crippen molar-refractivity contribution in [1.82, 2.24) is 0 Å². The molecule has 0 aromatic carbocycles. The molecule has 2 atom stereocenters. The van der Waals surface area contributed by atoms with Gasteiger partial charge in [-0.05, 0) is 38.0 Å². The topological polar surface area (TPSA) is 94.8 Å². The van der Waals surface area contributed by atoms with E-state index in [1.807, 2.05) is 0 Å². The fourth-order valence-corrected chi connectivity index (χ4v) is 3.40. The van der Waals surface area contributed by atoms with Crippen molar-refractivity contribution < 1.29 is 24.9 Å². The average Bonchev–Trinajstić information content (AvgIpc) is 2.93. The average molecular weight is 352 g/mol. The number of hydrogen-bond donors (Lipinski definition) is 3. The van der Waals surface area contributed by atoms with Gasteiger partial charge in [0.15, 0.2) is 0 Å². The summed E-state index contributed by atoms with van der Waals surface area (Å²) in [6.07, 6.45) is 14.2. The van der Waals surface area contributed by atoms with Crippen molar-refractivity contribution in [2.75, 3.05) is 0 Å². The van der Waals surface area contributed by atoms with Crippen molar-refractivity contribution in [3.63, 3.8) is 0 Å². The first-order chi connectivity index (χ1) is 12.0. The molecule has 1 saturated carbocycles. The summed E-state index contributed by atoms with van der Waals surface area (Å²) in [6.45, 7) is 2.20. The number of aliphatic carboxylic acids is 1. The van der Waals surface area contributed by atoms with E-state index in [1.165, 1.54) is 25.7 Å². The van der Waals surface area contributed by atoms with Gasteiger partial charge >= 0.3 is 5.97 Å². The van der Waals surface area contributed by atoms with Gasteiger partial charge < -0.3 is 15.3 Å². The highest BCUT2D eigenvalue weighted by Crippen LogP contribution is 2.34. The Morgan fingerprint density at radius 1 is 1.12 bits per heavy atom. The van der Waals surface area contributed by atoms with Gasteiger partial charge in [-0.3, -0.25) is 4.79 Å². The SMILES string of the molecule is CCCCCCC=C[C@H]1CCC(=O)[C@@H]1CCCCC(O)=C(O)C(=O)O. The molecule has 0 aliphatic heterocycles. The molecule has 1 fully saturated rings. The van der Waals surface area contributed by atoms with Crippen molar-refractivity contribution in [2.24, 2.45) is 11.8 Å². The summed E-state index contributed by atoms with van der Waals surface area (Å²) in [5.41, 5.74) is 0. The Labute approximate surface area is 150 Å². The number of aliphatic hydroxyl groups excluding tert-OH is 2. The van der Waals surface area contributed by atoms with Crippen LogP contribution in [0.25, 0.3) is 0 Å². The first-order valence-corrected chi connectivity index (χ1v) is 9.51. The molecule has 0 spiro atoms. The molecule has 0 bridgehead atoms. The third-order valence-corrected chi connectivity index (χ3v) is 4.92. The van der Waals surface area contributed by atoms with E-state index in [1.54, 1.807) is 0 Å². The summed E-state index contributed by atoms with van der Waals surface area (Å²) in [6, 6.07) is 0. The number of carboxylic acids is 1. The Morgan fingerprint density at radius 2 is 1.88 bits per heavy atom. The normalized spacial score (nSPS) is 21.7. The van der Waals surface area contributed by atoms with Crippen LogP contribution in [-0.2, 0) is 9.59 Å². The number of hydrogen-bond acceptors (Lipinski definition) is 4. The van der Waals surface area contributed by atoms with Crippen LogP contribution in [0.4, 0.5) is 0 Å². The van der Waals surface area contributed by atoms with Gasteiger partial charge in [0.05, 0.1) is 0 Å². The number of allylic oxidation sites excluding steroid dienone is 3. The van der Waals surface area contributed by atoms with E-state index < -0.39 is 17.5 Å². The number of ketones is 1. The van der Waals surface area contributed by atoms with Gasteiger partial charge in [0.1, 0.15) is 11.5 Å². The molecule has 0 aromatic heterocycles. The number of rotatable bonds is 12. The van der Waals surface area contributed by atoms with Gasteiger partial charge in [-0.2, -0.15) is 0 Å². The lowest BCUT2D eigenvalue weighted by Gasteiger charge is -2.14. The van der Waals surface area contributed by atoms with Crippen LogP contribution < -0.4 is 0 Å². The fraction of sp³-hybridized carbons (Fsp3) is 0.700. The minimum atomic E-state index is -1.52. The summed E-state index contributed by atoms with van der Waals surface area (Å²) in [5, 5.41) is 27.2. The quantitative estimate of drug-likeness (QED) is 0.197. The van der Waals surface area contributed by atoms with E-state index in [-0.39, 0.29) is 12.3 Å². The zero-order chi connectivity index (χ0) is 18.7. The molecule has 3 N–H and O–H groups in total. The zero-order valence-electron chi connectivity index (χ0n) is 15.2. The van der Waals surface area contributed by atoms with Crippen LogP contribution >= 0.6 is 0 Å². The summed E-state index contributed by atoms with van der Waals surface area (Å²) in [5.74, 6) is -2.32. The van der Waals surface area contributed by atoms with Crippen LogP contribution in [0.15, 0.2) is 23.7 Å². The van der Waals surface area contributed by atoms with Crippen LogP contribution in [-0.4, -0.2) is 27.1 Å². The van der Waals surface area contributed by atoms with Gasteiger partial charge in [0.25, 0.3) is 0 Å². The van der Waals surface area contributed by atoms with Crippen LogP contribution in [0.2, 0.25) is 0 Å². The second-order valence-electron chi connectivity index (χ2n) is 6.90. The van der Waals surface area contributed by atoms with Crippen molar-refractivity contribution >= 4 is 11.8 Å². The lowest BCUT2D eigenvalue weighted by atomic mass is 9.89. The Balaban J connectivity index is 2.34. The molecule has 1 aliphatic rings. The van der Waals surface area contributed by atoms with Gasteiger partial charge in [-0.15, -0.1) is 0 Å². The second kappa shape index (κ2) is 11.7. The molecule has 0 saturated heterocycles. The predicted molar refractivity (Wildman–Crippen MR) is 97.5 cm³/mol. The zero-order valence-corrected chi connectivity index (χ0v) is 15.2. The maximum absolute atomic E-state index is 12.1. The molecule has 142 valence electrons. The molecular weight excluding hydrogens is 320 g/mol.